The van der Waals surface area contributed by atoms with Gasteiger partial charge in [0.25, 0.3) is 5.91 Å². The fourth-order valence-corrected chi connectivity index (χ4v) is 2.39. The van der Waals surface area contributed by atoms with Crippen LogP contribution in [0.5, 0.6) is 5.75 Å². The second kappa shape index (κ2) is 7.74. The third kappa shape index (κ3) is 4.53. The summed E-state index contributed by atoms with van der Waals surface area (Å²) in [6.45, 7) is 1.33. The highest BCUT2D eigenvalue weighted by Crippen LogP contribution is 2.19. The molecule has 2 rings (SSSR count). The molecule has 0 aromatic heterocycles. The summed E-state index contributed by atoms with van der Waals surface area (Å²) in [5.41, 5.74) is 2.61. The Hall–Kier alpha value is -2.40. The minimum Gasteiger partial charge on any atom is -0.494 e. The van der Waals surface area contributed by atoms with E-state index < -0.39 is 0 Å². The van der Waals surface area contributed by atoms with Gasteiger partial charge in [-0.1, -0.05) is 18.2 Å². The Bertz CT molecular complexity index is 671. The predicted octanol–water partition coefficient (Wildman–Crippen LogP) is 2.83. The van der Waals surface area contributed by atoms with E-state index in [9.17, 15) is 9.18 Å². The zero-order chi connectivity index (χ0) is 16.8. The van der Waals surface area contributed by atoms with Gasteiger partial charge in [0.05, 0.1) is 7.11 Å². The van der Waals surface area contributed by atoms with Crippen molar-refractivity contribution in [1.29, 1.82) is 0 Å². The molecule has 0 atom stereocenters. The highest BCUT2D eigenvalue weighted by molar-refractivity contribution is 5.93. The minimum atomic E-state index is -0.353. The topological polar surface area (TPSA) is 41.6 Å². The van der Waals surface area contributed by atoms with Crippen LogP contribution in [0.3, 0.4) is 0 Å². The Morgan fingerprint density at radius 2 is 1.74 bits per heavy atom. The van der Waals surface area contributed by atoms with Crippen LogP contribution in [0.4, 0.5) is 4.39 Å². The molecule has 0 spiro atoms. The van der Waals surface area contributed by atoms with Gasteiger partial charge in [-0.15, -0.1) is 0 Å². The average molecular weight is 316 g/mol. The number of benzene rings is 2. The summed E-state index contributed by atoms with van der Waals surface area (Å²) in [7, 11) is 5.03. The van der Waals surface area contributed by atoms with Gasteiger partial charge < -0.3 is 10.1 Å². The van der Waals surface area contributed by atoms with Gasteiger partial charge in [-0.25, -0.2) is 4.39 Å². The molecule has 0 aliphatic carbocycles. The van der Waals surface area contributed by atoms with Crippen LogP contribution >= 0.6 is 0 Å². The number of nitrogens with zero attached hydrogens (tertiary/aromatic N) is 1. The van der Waals surface area contributed by atoms with E-state index in [-0.39, 0.29) is 17.5 Å². The second-order valence-electron chi connectivity index (χ2n) is 5.42. The number of hydrogen-bond acceptors (Lipinski definition) is 3. The zero-order valence-corrected chi connectivity index (χ0v) is 13.6. The molecule has 2 aromatic carbocycles. The van der Waals surface area contributed by atoms with E-state index in [4.69, 9.17) is 4.74 Å². The number of hydrogen-bond donors (Lipinski definition) is 1. The molecular weight excluding hydrogens is 295 g/mol. The smallest absolute Gasteiger partial charge is 0.251 e. The lowest BCUT2D eigenvalue weighted by Gasteiger charge is -2.17. The molecule has 5 heteroatoms. The predicted molar refractivity (Wildman–Crippen MR) is 88.0 cm³/mol. The van der Waals surface area contributed by atoms with Crippen LogP contribution < -0.4 is 10.1 Å². The van der Waals surface area contributed by atoms with Crippen molar-refractivity contribution in [3.63, 3.8) is 0 Å². The van der Waals surface area contributed by atoms with Crippen LogP contribution in [0.1, 0.15) is 21.5 Å². The molecule has 2 aromatic rings. The van der Waals surface area contributed by atoms with Crippen molar-refractivity contribution in [2.75, 3.05) is 21.2 Å². The van der Waals surface area contributed by atoms with Crippen molar-refractivity contribution in [3.05, 3.63) is 65.0 Å². The Labute approximate surface area is 135 Å². The van der Waals surface area contributed by atoms with E-state index in [0.29, 0.717) is 18.7 Å². The van der Waals surface area contributed by atoms with Crippen molar-refractivity contribution in [3.8, 4) is 5.75 Å². The van der Waals surface area contributed by atoms with Gasteiger partial charge in [-0.2, -0.15) is 0 Å². The Kier molecular flexibility index (Phi) is 5.71. The van der Waals surface area contributed by atoms with Gasteiger partial charge in [0.15, 0.2) is 11.6 Å². The van der Waals surface area contributed by atoms with Crippen molar-refractivity contribution in [2.24, 2.45) is 0 Å². The summed E-state index contributed by atoms with van der Waals surface area (Å²) in [5, 5.41) is 2.59. The van der Waals surface area contributed by atoms with Crippen LogP contribution in [0, 0.1) is 5.82 Å². The van der Waals surface area contributed by atoms with Gasteiger partial charge in [-0.3, -0.25) is 9.69 Å². The number of carbonyl (C=O) groups excluding carboxylic acids is 1. The maximum absolute atomic E-state index is 13.7. The number of ether oxygens (including phenoxy) is 1. The third-order valence-corrected chi connectivity index (χ3v) is 3.56. The van der Waals surface area contributed by atoms with E-state index in [1.165, 1.54) is 13.2 Å². The molecule has 0 saturated carbocycles. The molecule has 0 bridgehead atoms. The first-order chi connectivity index (χ1) is 11.0. The highest BCUT2D eigenvalue weighted by atomic mass is 19.1. The number of methoxy groups -OCH3 is 1. The van der Waals surface area contributed by atoms with Gasteiger partial charge in [-0.05, 0) is 42.4 Å². The third-order valence-electron chi connectivity index (χ3n) is 3.56. The van der Waals surface area contributed by atoms with E-state index >= 15 is 0 Å². The lowest BCUT2D eigenvalue weighted by Crippen LogP contribution is -2.19. The molecule has 122 valence electrons. The quantitative estimate of drug-likeness (QED) is 0.891. The summed E-state index contributed by atoms with van der Waals surface area (Å²) >= 11 is 0. The van der Waals surface area contributed by atoms with Crippen molar-refractivity contribution in [2.45, 2.75) is 13.1 Å². The molecule has 0 fully saturated rings. The van der Waals surface area contributed by atoms with Crippen molar-refractivity contribution >= 4 is 5.91 Å². The van der Waals surface area contributed by atoms with E-state index in [1.807, 2.05) is 25.2 Å². The largest absolute Gasteiger partial charge is 0.494 e. The van der Waals surface area contributed by atoms with Gasteiger partial charge in [0.2, 0.25) is 0 Å². The van der Waals surface area contributed by atoms with Crippen LogP contribution in [0.15, 0.2) is 42.5 Å². The summed E-state index contributed by atoms with van der Waals surface area (Å²) in [6, 6.07) is 12.4. The molecule has 1 amide bonds. The Balaban J connectivity index is 1.97. The van der Waals surface area contributed by atoms with Gasteiger partial charge in [0, 0.05) is 25.7 Å². The number of halogens is 1. The molecule has 0 saturated heterocycles. The Morgan fingerprint density at radius 1 is 1.13 bits per heavy atom. The fourth-order valence-electron chi connectivity index (χ4n) is 2.39. The second-order valence-corrected chi connectivity index (χ2v) is 5.42. The summed E-state index contributed by atoms with van der Waals surface area (Å²) in [6.07, 6.45) is 0. The first-order valence-corrected chi connectivity index (χ1v) is 7.35. The number of amides is 1. The molecule has 1 N–H and O–H groups in total. The molecule has 0 aliphatic heterocycles. The molecule has 0 aliphatic rings. The summed E-state index contributed by atoms with van der Waals surface area (Å²) in [5.74, 6) is -0.201. The SMILES string of the molecule is CNC(=O)c1ccc(CN(C)Cc2ccc(OC)c(F)c2)cc1. The van der Waals surface area contributed by atoms with Gasteiger partial charge >= 0.3 is 0 Å². The monoisotopic (exact) mass is 316 g/mol. The van der Waals surface area contributed by atoms with Crippen LogP contribution in [-0.4, -0.2) is 32.0 Å². The fraction of sp³-hybridized carbons (Fsp3) is 0.278. The van der Waals surface area contributed by atoms with Gasteiger partial charge in [0.1, 0.15) is 0 Å². The molecule has 23 heavy (non-hydrogen) atoms. The van der Waals surface area contributed by atoms with E-state index in [2.05, 4.69) is 10.2 Å². The molecule has 0 unspecified atom stereocenters. The molecular formula is C18H21FN2O2. The lowest BCUT2D eigenvalue weighted by molar-refractivity contribution is 0.0963. The van der Waals surface area contributed by atoms with Crippen LogP contribution in [0.25, 0.3) is 0 Å². The first-order valence-electron chi connectivity index (χ1n) is 7.35. The Morgan fingerprint density at radius 3 is 2.30 bits per heavy atom. The number of nitrogens with one attached hydrogen (secondary N) is 1. The number of rotatable bonds is 6. The lowest BCUT2D eigenvalue weighted by atomic mass is 10.1. The number of carbonyl (C=O) groups is 1. The summed E-state index contributed by atoms with van der Waals surface area (Å²) in [4.78, 5) is 13.6. The molecule has 0 radical (unpaired) electrons. The average Bonchev–Trinajstić information content (AvgIpc) is 2.55. The standard InChI is InChI=1S/C18H21FN2O2/c1-20-18(22)15-7-4-13(5-8-15)11-21(2)12-14-6-9-17(23-3)16(19)10-14/h4-10H,11-12H2,1-3H3,(H,20,22). The highest BCUT2D eigenvalue weighted by Gasteiger charge is 2.07. The first kappa shape index (κ1) is 17.0. The van der Waals surface area contributed by atoms with Crippen LogP contribution in [0.2, 0.25) is 0 Å². The molecule has 0 heterocycles. The molecule has 4 nitrogen and oxygen atoms in total. The van der Waals surface area contributed by atoms with Crippen LogP contribution in [-0.2, 0) is 13.1 Å². The normalized spacial score (nSPS) is 10.7. The van der Waals surface area contributed by atoms with E-state index in [0.717, 1.165) is 11.1 Å². The summed E-state index contributed by atoms with van der Waals surface area (Å²) < 4.78 is 18.6. The maximum Gasteiger partial charge on any atom is 0.251 e. The zero-order valence-electron chi connectivity index (χ0n) is 13.6. The minimum absolute atomic E-state index is 0.0985. The van der Waals surface area contributed by atoms with Crippen molar-refractivity contribution in [1.82, 2.24) is 10.2 Å². The van der Waals surface area contributed by atoms with Crippen molar-refractivity contribution < 1.29 is 13.9 Å². The van der Waals surface area contributed by atoms with E-state index in [1.54, 1.807) is 25.2 Å². The maximum atomic E-state index is 13.7.